The van der Waals surface area contributed by atoms with Crippen LogP contribution in [0.1, 0.15) is 31.2 Å². The predicted molar refractivity (Wildman–Crippen MR) is 72.9 cm³/mol. The van der Waals surface area contributed by atoms with Crippen LogP contribution in [0, 0.1) is 0 Å². The van der Waals surface area contributed by atoms with E-state index in [4.69, 9.17) is 11.6 Å². The number of nitrogens with zero attached hydrogens (tertiary/aromatic N) is 1. The molecule has 2 fully saturated rings. The van der Waals surface area contributed by atoms with Gasteiger partial charge >= 0.3 is 0 Å². The van der Waals surface area contributed by atoms with Crippen molar-refractivity contribution in [3.8, 4) is 0 Å². The molecule has 96 valence electrons. The fourth-order valence-corrected chi connectivity index (χ4v) is 3.46. The zero-order valence-corrected chi connectivity index (χ0v) is 11.2. The Bertz CT molecular complexity index is 426. The molecule has 0 radical (unpaired) electrons. The molecule has 3 heteroatoms. The first kappa shape index (κ1) is 12.2. The highest BCUT2D eigenvalue weighted by molar-refractivity contribution is 6.30. The van der Waals surface area contributed by atoms with Crippen LogP contribution >= 0.6 is 11.6 Å². The molecule has 2 aliphatic heterocycles. The zero-order chi connectivity index (χ0) is 12.5. The van der Waals surface area contributed by atoms with Gasteiger partial charge in [-0.15, -0.1) is 0 Å². The monoisotopic (exact) mass is 263 g/mol. The van der Waals surface area contributed by atoms with Crippen LogP contribution in [0.4, 0.5) is 0 Å². The molecule has 3 rings (SSSR count). The van der Waals surface area contributed by atoms with E-state index >= 15 is 0 Å². The summed E-state index contributed by atoms with van der Waals surface area (Å²) >= 11 is 5.89. The van der Waals surface area contributed by atoms with E-state index in [-0.39, 0.29) is 0 Å². The summed E-state index contributed by atoms with van der Waals surface area (Å²) in [7, 11) is 0. The summed E-state index contributed by atoms with van der Waals surface area (Å²) < 4.78 is 0. The van der Waals surface area contributed by atoms with Crippen molar-refractivity contribution in [3.63, 3.8) is 0 Å². The summed E-state index contributed by atoms with van der Waals surface area (Å²) in [5.74, 6) is 0.463. The van der Waals surface area contributed by atoms with E-state index in [1.807, 2.05) is 12.1 Å². The Morgan fingerprint density at radius 2 is 1.72 bits per heavy atom. The van der Waals surface area contributed by atoms with Gasteiger partial charge in [-0.1, -0.05) is 23.7 Å². The first-order chi connectivity index (χ1) is 8.72. The molecule has 2 saturated heterocycles. The third-order valence-corrected chi connectivity index (χ3v) is 4.52. The first-order valence-electron chi connectivity index (χ1n) is 6.74. The van der Waals surface area contributed by atoms with E-state index < -0.39 is 0 Å². The van der Waals surface area contributed by atoms with Crippen molar-refractivity contribution in [2.45, 2.75) is 44.2 Å². The van der Waals surface area contributed by atoms with Crippen molar-refractivity contribution >= 4 is 17.4 Å². The minimum Gasteiger partial charge on any atom is -0.300 e. The van der Waals surface area contributed by atoms with Crippen molar-refractivity contribution in [1.29, 1.82) is 0 Å². The number of ketones is 1. The Balaban J connectivity index is 1.61. The van der Waals surface area contributed by atoms with Crippen molar-refractivity contribution in [1.82, 2.24) is 4.90 Å². The fraction of sp³-hybridized carbons (Fsp3) is 0.533. The Hall–Kier alpha value is -0.860. The molecule has 0 aromatic heterocycles. The molecular formula is C15H18ClNO. The molecule has 1 aromatic rings. The second kappa shape index (κ2) is 5.02. The molecule has 0 saturated carbocycles. The summed E-state index contributed by atoms with van der Waals surface area (Å²) in [6.45, 7) is 1.07. The van der Waals surface area contributed by atoms with Crippen LogP contribution in [-0.2, 0) is 11.2 Å². The molecule has 2 aliphatic rings. The minimum atomic E-state index is 0.463. The number of rotatable bonds is 3. The normalized spacial score (nSPS) is 27.7. The molecule has 0 aliphatic carbocycles. The molecule has 0 spiro atoms. The molecular weight excluding hydrogens is 246 g/mol. The number of benzene rings is 1. The lowest BCUT2D eigenvalue weighted by Crippen LogP contribution is -2.44. The second-order valence-corrected chi connectivity index (χ2v) is 5.88. The van der Waals surface area contributed by atoms with E-state index in [0.29, 0.717) is 17.9 Å². The summed E-state index contributed by atoms with van der Waals surface area (Å²) in [6.07, 6.45) is 5.01. The Morgan fingerprint density at radius 3 is 2.33 bits per heavy atom. The summed E-state index contributed by atoms with van der Waals surface area (Å²) in [4.78, 5) is 14.1. The van der Waals surface area contributed by atoms with Crippen LogP contribution in [0.25, 0.3) is 0 Å². The highest BCUT2D eigenvalue weighted by Crippen LogP contribution is 2.33. The minimum absolute atomic E-state index is 0.463. The number of hydrogen-bond acceptors (Lipinski definition) is 2. The predicted octanol–water partition coefficient (Wildman–Crippen LogP) is 3.08. The average molecular weight is 264 g/mol. The van der Waals surface area contributed by atoms with E-state index in [1.54, 1.807) is 0 Å². The zero-order valence-electron chi connectivity index (χ0n) is 10.4. The molecule has 2 heterocycles. The van der Waals surface area contributed by atoms with E-state index in [9.17, 15) is 4.79 Å². The summed E-state index contributed by atoms with van der Waals surface area (Å²) in [5, 5.41) is 0.794. The van der Waals surface area contributed by atoms with Gasteiger partial charge in [0.1, 0.15) is 5.78 Å². The molecule has 18 heavy (non-hydrogen) atoms. The molecule has 2 bridgehead atoms. The number of fused-ring (bicyclic) bond motifs is 2. The number of hydrogen-bond donors (Lipinski definition) is 0. The van der Waals surface area contributed by atoms with Crippen LogP contribution in [0.5, 0.6) is 0 Å². The molecule has 2 atom stereocenters. The lowest BCUT2D eigenvalue weighted by Gasteiger charge is -2.33. The maximum atomic E-state index is 11.5. The SMILES string of the molecule is O=C1C[C@H]2CC[C@@H](C1)N2CCc1ccc(Cl)cc1. The van der Waals surface area contributed by atoms with Crippen molar-refractivity contribution in [2.75, 3.05) is 6.54 Å². The van der Waals surface area contributed by atoms with Crippen molar-refractivity contribution in [3.05, 3.63) is 34.9 Å². The van der Waals surface area contributed by atoms with Gasteiger partial charge in [0.2, 0.25) is 0 Å². The van der Waals surface area contributed by atoms with E-state index in [2.05, 4.69) is 17.0 Å². The van der Waals surface area contributed by atoms with Gasteiger partial charge in [-0.05, 0) is 37.0 Å². The van der Waals surface area contributed by atoms with Crippen LogP contribution in [0.3, 0.4) is 0 Å². The first-order valence-corrected chi connectivity index (χ1v) is 7.12. The maximum absolute atomic E-state index is 11.5. The number of Topliss-reactive ketones (excluding diaryl/α,β-unsaturated/α-hetero) is 1. The number of carbonyl (C=O) groups is 1. The molecule has 0 N–H and O–H groups in total. The number of piperidine rings is 1. The second-order valence-electron chi connectivity index (χ2n) is 5.45. The van der Waals surface area contributed by atoms with Crippen molar-refractivity contribution < 1.29 is 4.79 Å². The highest BCUT2D eigenvalue weighted by atomic mass is 35.5. The number of carbonyl (C=O) groups excluding carboxylic acids is 1. The fourth-order valence-electron chi connectivity index (χ4n) is 3.34. The Morgan fingerprint density at radius 1 is 1.11 bits per heavy atom. The standard InChI is InChI=1S/C15H18ClNO/c16-12-3-1-11(2-4-12)7-8-17-13-5-6-14(17)10-15(18)9-13/h1-4,13-14H,5-10H2/t13-,14+. The smallest absolute Gasteiger partial charge is 0.136 e. The van der Waals surface area contributed by atoms with Crippen molar-refractivity contribution in [2.24, 2.45) is 0 Å². The Kier molecular flexibility index (Phi) is 3.40. The lowest BCUT2D eigenvalue weighted by atomic mass is 10.0. The van der Waals surface area contributed by atoms with E-state index in [1.165, 1.54) is 18.4 Å². The van der Waals surface area contributed by atoms with Gasteiger partial charge < -0.3 is 0 Å². The van der Waals surface area contributed by atoms with Gasteiger partial charge in [-0.3, -0.25) is 9.69 Å². The van der Waals surface area contributed by atoms with Gasteiger partial charge in [0.25, 0.3) is 0 Å². The van der Waals surface area contributed by atoms with Gasteiger partial charge in [-0.2, -0.15) is 0 Å². The van der Waals surface area contributed by atoms with Gasteiger partial charge in [0, 0.05) is 36.5 Å². The largest absolute Gasteiger partial charge is 0.300 e. The molecule has 2 nitrogen and oxygen atoms in total. The average Bonchev–Trinajstić information content (AvgIpc) is 2.60. The van der Waals surface area contributed by atoms with E-state index in [0.717, 1.165) is 30.8 Å². The molecule has 0 unspecified atom stereocenters. The third-order valence-electron chi connectivity index (χ3n) is 4.27. The topological polar surface area (TPSA) is 20.3 Å². The quantitative estimate of drug-likeness (QED) is 0.835. The molecule has 0 amide bonds. The van der Waals surface area contributed by atoms with Gasteiger partial charge in [0.05, 0.1) is 0 Å². The van der Waals surface area contributed by atoms with Crippen LogP contribution in [0.2, 0.25) is 5.02 Å². The molecule has 1 aromatic carbocycles. The van der Waals surface area contributed by atoms with Gasteiger partial charge in [-0.25, -0.2) is 0 Å². The van der Waals surface area contributed by atoms with Gasteiger partial charge in [0.15, 0.2) is 0 Å². The summed E-state index contributed by atoms with van der Waals surface area (Å²) in [5.41, 5.74) is 1.33. The van der Waals surface area contributed by atoms with Crippen LogP contribution in [-0.4, -0.2) is 29.3 Å². The number of halogens is 1. The van der Waals surface area contributed by atoms with Crippen LogP contribution < -0.4 is 0 Å². The maximum Gasteiger partial charge on any atom is 0.136 e. The summed E-state index contributed by atoms with van der Waals surface area (Å²) in [6, 6.07) is 9.13. The lowest BCUT2D eigenvalue weighted by molar-refractivity contribution is -0.123. The third kappa shape index (κ3) is 2.45. The Labute approximate surface area is 113 Å². The van der Waals surface area contributed by atoms with Crippen LogP contribution in [0.15, 0.2) is 24.3 Å². The highest BCUT2D eigenvalue weighted by Gasteiger charge is 2.39.